The molecule has 41 heavy (non-hydrogen) atoms. The van der Waals surface area contributed by atoms with Gasteiger partial charge in [0, 0.05) is 37.5 Å². The van der Waals surface area contributed by atoms with Gasteiger partial charge in [-0.2, -0.15) is 17.6 Å². The van der Waals surface area contributed by atoms with Gasteiger partial charge in [-0.3, -0.25) is 0 Å². The predicted octanol–water partition coefficient (Wildman–Crippen LogP) is 6.72. The van der Waals surface area contributed by atoms with Gasteiger partial charge in [-0.25, -0.2) is 9.67 Å². The molecule has 6 rings (SSSR count). The molecule has 214 valence electrons. The number of rotatable bonds is 6. The van der Waals surface area contributed by atoms with E-state index >= 15 is 4.39 Å². The van der Waals surface area contributed by atoms with Crippen molar-refractivity contribution >= 4 is 27.9 Å². The number of hydrogen-bond acceptors (Lipinski definition) is 5. The molecular formula is C31H31F4N5O. The smallest absolute Gasteiger partial charge is 0.356 e. The highest BCUT2D eigenvalue weighted by molar-refractivity contribution is 6.00. The number of halogens is 4. The van der Waals surface area contributed by atoms with Gasteiger partial charge in [-0.15, -0.1) is 5.10 Å². The van der Waals surface area contributed by atoms with Gasteiger partial charge >= 0.3 is 6.18 Å². The van der Waals surface area contributed by atoms with Crippen LogP contribution in [0.15, 0.2) is 66.9 Å². The van der Waals surface area contributed by atoms with Crippen LogP contribution in [0.4, 0.5) is 23.4 Å². The number of nitrogens with zero attached hydrogens (tertiary/aromatic N) is 4. The van der Waals surface area contributed by atoms with Crippen LogP contribution in [0.1, 0.15) is 55.0 Å². The summed E-state index contributed by atoms with van der Waals surface area (Å²) in [6.45, 7) is 2.01. The lowest BCUT2D eigenvalue weighted by molar-refractivity contribution is -0.122. The minimum absolute atomic E-state index is 0.0601. The van der Waals surface area contributed by atoms with Crippen LogP contribution in [-0.4, -0.2) is 46.7 Å². The number of benzene rings is 2. The summed E-state index contributed by atoms with van der Waals surface area (Å²) in [5.41, 5.74) is 8.40. The predicted molar refractivity (Wildman–Crippen MR) is 151 cm³/mol. The lowest BCUT2D eigenvalue weighted by atomic mass is 9.88. The Morgan fingerprint density at radius 2 is 1.78 bits per heavy atom. The minimum atomic E-state index is -4.48. The molecule has 0 bridgehead atoms. The number of allylic oxidation sites excluding steroid dienone is 1. The molecule has 2 aliphatic rings. The zero-order chi connectivity index (χ0) is 28.6. The molecule has 0 spiro atoms. The van der Waals surface area contributed by atoms with E-state index in [1.165, 1.54) is 0 Å². The maximum atomic E-state index is 15.2. The van der Waals surface area contributed by atoms with Gasteiger partial charge in [0.15, 0.2) is 6.23 Å². The standard InChI is InChI=1S/C31H31F4N5O/c32-30-24-16-21(9-11-26(24)40(38-30)28-8-4-5-15-41-28)29(25(17-31(33,34)35)20-6-2-1-3-7-20)22-10-12-27(37-18-22)39-14-13-23(36)19-39/h1-3,6-7,9-12,16,18,23,28H,4-5,8,13-15,17,19,36H2/b29-25-/t23-,28?/m1/s1. The first-order chi connectivity index (χ1) is 19.8. The summed E-state index contributed by atoms with van der Waals surface area (Å²) in [5.74, 6) is 0.0275. The van der Waals surface area contributed by atoms with Crippen LogP contribution in [-0.2, 0) is 4.74 Å². The van der Waals surface area contributed by atoms with E-state index in [9.17, 15) is 13.2 Å². The Morgan fingerprint density at radius 1 is 0.976 bits per heavy atom. The SMILES string of the molecule is N[C@@H]1CCN(c2ccc(/C(=C(/CC(F)(F)F)c3ccccc3)c3ccc4c(c3)c(F)nn4C3CCCCO3)cn2)C1. The molecule has 2 aliphatic heterocycles. The zero-order valence-corrected chi connectivity index (χ0v) is 22.4. The van der Waals surface area contributed by atoms with Crippen LogP contribution in [0.25, 0.3) is 22.0 Å². The van der Waals surface area contributed by atoms with E-state index < -0.39 is 18.5 Å². The summed E-state index contributed by atoms with van der Waals surface area (Å²) in [7, 11) is 0. The van der Waals surface area contributed by atoms with Crippen molar-refractivity contribution in [2.45, 2.75) is 50.6 Å². The quantitative estimate of drug-likeness (QED) is 0.208. The van der Waals surface area contributed by atoms with E-state index in [1.54, 1.807) is 71.5 Å². The highest BCUT2D eigenvalue weighted by Gasteiger charge is 2.32. The highest BCUT2D eigenvalue weighted by atomic mass is 19.4. The van der Waals surface area contributed by atoms with Gasteiger partial charge in [0.2, 0.25) is 5.95 Å². The maximum absolute atomic E-state index is 15.2. The second-order valence-electron chi connectivity index (χ2n) is 10.7. The third kappa shape index (κ3) is 5.85. The van der Waals surface area contributed by atoms with Crippen molar-refractivity contribution in [3.8, 4) is 0 Å². The summed E-state index contributed by atoms with van der Waals surface area (Å²) in [6.07, 6.45) is -0.974. The summed E-state index contributed by atoms with van der Waals surface area (Å²) < 4.78 is 64.8. The number of hydrogen-bond donors (Lipinski definition) is 1. The van der Waals surface area contributed by atoms with E-state index in [2.05, 4.69) is 15.0 Å². The molecule has 4 aromatic rings. The molecule has 2 saturated heterocycles. The van der Waals surface area contributed by atoms with Crippen molar-refractivity contribution in [1.29, 1.82) is 0 Å². The molecule has 0 radical (unpaired) electrons. The fourth-order valence-electron chi connectivity index (χ4n) is 5.80. The number of alkyl halides is 3. The Morgan fingerprint density at radius 3 is 2.44 bits per heavy atom. The van der Waals surface area contributed by atoms with Crippen molar-refractivity contribution in [1.82, 2.24) is 14.8 Å². The van der Waals surface area contributed by atoms with E-state index in [1.807, 2.05) is 0 Å². The van der Waals surface area contributed by atoms with Gasteiger partial charge in [0.05, 0.1) is 17.3 Å². The van der Waals surface area contributed by atoms with Crippen LogP contribution in [0.5, 0.6) is 0 Å². The molecule has 0 amide bonds. The van der Waals surface area contributed by atoms with Crippen LogP contribution in [0.3, 0.4) is 0 Å². The number of ether oxygens (including phenoxy) is 1. The highest BCUT2D eigenvalue weighted by Crippen LogP contribution is 2.40. The fraction of sp³-hybridized carbons (Fsp3) is 0.355. The van der Waals surface area contributed by atoms with E-state index in [0.29, 0.717) is 53.2 Å². The molecule has 2 atom stereocenters. The van der Waals surface area contributed by atoms with E-state index in [4.69, 9.17) is 10.5 Å². The molecule has 2 aromatic carbocycles. The zero-order valence-electron chi connectivity index (χ0n) is 22.4. The molecule has 0 aliphatic carbocycles. The summed E-state index contributed by atoms with van der Waals surface area (Å²) in [5, 5.41) is 4.34. The van der Waals surface area contributed by atoms with Crippen molar-refractivity contribution in [3.05, 3.63) is 89.5 Å². The van der Waals surface area contributed by atoms with Crippen molar-refractivity contribution < 1.29 is 22.3 Å². The molecule has 2 N–H and O–H groups in total. The molecular weight excluding hydrogens is 534 g/mol. The molecule has 2 aromatic heterocycles. The van der Waals surface area contributed by atoms with Crippen LogP contribution in [0.2, 0.25) is 0 Å². The third-order valence-electron chi connectivity index (χ3n) is 7.76. The summed E-state index contributed by atoms with van der Waals surface area (Å²) in [6, 6.07) is 17.2. The van der Waals surface area contributed by atoms with E-state index in [0.717, 1.165) is 25.8 Å². The topological polar surface area (TPSA) is 69.2 Å². The summed E-state index contributed by atoms with van der Waals surface area (Å²) >= 11 is 0. The number of nitrogens with two attached hydrogens (primary N) is 1. The van der Waals surface area contributed by atoms with Crippen LogP contribution >= 0.6 is 0 Å². The van der Waals surface area contributed by atoms with Gasteiger partial charge in [-0.1, -0.05) is 36.4 Å². The minimum Gasteiger partial charge on any atom is -0.356 e. The Hall–Kier alpha value is -3.76. The van der Waals surface area contributed by atoms with Gasteiger partial charge in [0.25, 0.3) is 0 Å². The Bertz CT molecular complexity index is 1540. The molecule has 2 fully saturated rings. The molecule has 1 unspecified atom stereocenters. The number of pyridine rings is 1. The first-order valence-corrected chi connectivity index (χ1v) is 13.9. The van der Waals surface area contributed by atoms with Crippen molar-refractivity contribution in [2.24, 2.45) is 5.73 Å². The third-order valence-corrected chi connectivity index (χ3v) is 7.76. The second-order valence-corrected chi connectivity index (χ2v) is 10.7. The van der Waals surface area contributed by atoms with Crippen LogP contribution < -0.4 is 10.6 Å². The first-order valence-electron chi connectivity index (χ1n) is 13.9. The Labute approximate surface area is 235 Å². The monoisotopic (exact) mass is 565 g/mol. The molecule has 10 heteroatoms. The fourth-order valence-corrected chi connectivity index (χ4v) is 5.80. The lowest BCUT2D eigenvalue weighted by Gasteiger charge is -2.23. The van der Waals surface area contributed by atoms with Crippen molar-refractivity contribution in [2.75, 3.05) is 24.6 Å². The lowest BCUT2D eigenvalue weighted by Crippen LogP contribution is -2.26. The van der Waals surface area contributed by atoms with Crippen molar-refractivity contribution in [3.63, 3.8) is 0 Å². The Balaban J connectivity index is 1.51. The van der Waals surface area contributed by atoms with Gasteiger partial charge in [0.1, 0.15) is 5.82 Å². The van der Waals surface area contributed by atoms with Crippen LogP contribution in [0, 0.1) is 5.95 Å². The van der Waals surface area contributed by atoms with E-state index in [-0.39, 0.29) is 23.2 Å². The number of aromatic nitrogens is 3. The largest absolute Gasteiger partial charge is 0.393 e. The Kier molecular flexibility index (Phi) is 7.52. The molecule has 4 heterocycles. The molecule has 6 nitrogen and oxygen atoms in total. The average molecular weight is 566 g/mol. The van der Waals surface area contributed by atoms with Gasteiger partial charge < -0.3 is 15.4 Å². The second kappa shape index (κ2) is 11.3. The number of fused-ring (bicyclic) bond motifs is 1. The maximum Gasteiger partial charge on any atom is 0.393 e. The first kappa shape index (κ1) is 27.4. The average Bonchev–Trinajstić information content (AvgIpc) is 3.56. The number of anilines is 1. The normalized spacial score (nSPS) is 20.5. The summed E-state index contributed by atoms with van der Waals surface area (Å²) in [4.78, 5) is 6.67. The van der Waals surface area contributed by atoms with Gasteiger partial charge in [-0.05, 0) is 72.2 Å². The molecule has 0 saturated carbocycles.